The van der Waals surface area contributed by atoms with Gasteiger partial charge in [0.1, 0.15) is 0 Å². The van der Waals surface area contributed by atoms with Gasteiger partial charge in [-0.3, -0.25) is 14.4 Å². The molecular weight excluding hydrogens is 467 g/mol. The first-order chi connectivity index (χ1) is 15.8. The summed E-state index contributed by atoms with van der Waals surface area (Å²) in [5.41, 5.74) is 0.543. The van der Waals surface area contributed by atoms with E-state index >= 15 is 0 Å². The van der Waals surface area contributed by atoms with Gasteiger partial charge >= 0.3 is 19.0 Å². The van der Waals surface area contributed by atoms with E-state index in [1.165, 1.54) is 0 Å². The summed E-state index contributed by atoms with van der Waals surface area (Å²) in [6, 6.07) is 5.67. The fraction of sp³-hybridized carbons (Fsp3) is 0.571. The number of thioether (sulfide) groups is 2. The molecule has 0 saturated carbocycles. The second-order valence-electron chi connectivity index (χ2n) is 7.34. The highest BCUT2D eigenvalue weighted by molar-refractivity contribution is 8.00. The minimum Gasteiger partial charge on any atom is -0.481 e. The summed E-state index contributed by atoms with van der Waals surface area (Å²) in [5.74, 6) is -0.275. The van der Waals surface area contributed by atoms with E-state index in [2.05, 4.69) is 10.7 Å². The van der Waals surface area contributed by atoms with Crippen LogP contribution in [0.1, 0.15) is 55.3 Å². The molecule has 0 spiro atoms. The molecule has 0 saturated heterocycles. The van der Waals surface area contributed by atoms with Gasteiger partial charge < -0.3 is 25.4 Å². The number of unbranched alkanes of at least 4 members (excludes halogenated alkanes) is 2. The maximum atomic E-state index is 12.6. The summed E-state index contributed by atoms with van der Waals surface area (Å²) in [5, 5.41) is 31.8. The predicted molar refractivity (Wildman–Crippen MR) is 131 cm³/mol. The third kappa shape index (κ3) is 15.7. The van der Waals surface area contributed by atoms with Crippen molar-refractivity contribution in [2.24, 2.45) is 0 Å². The van der Waals surface area contributed by atoms with E-state index in [4.69, 9.17) is 20.1 Å². The smallest absolute Gasteiger partial charge is 0.398 e. The van der Waals surface area contributed by atoms with Crippen LogP contribution in [-0.4, -0.2) is 64.8 Å². The summed E-state index contributed by atoms with van der Waals surface area (Å²) in [7, 11) is -0.760. The van der Waals surface area contributed by atoms with Crippen LogP contribution in [0.25, 0.3) is 0 Å². The van der Waals surface area contributed by atoms with E-state index in [-0.39, 0.29) is 18.7 Å². The molecule has 1 amide bonds. The van der Waals surface area contributed by atoms with Crippen molar-refractivity contribution in [1.82, 2.24) is 10.7 Å². The molecule has 0 radical (unpaired) electrons. The Morgan fingerprint density at radius 2 is 1.45 bits per heavy atom. The largest absolute Gasteiger partial charge is 0.481 e. The number of aliphatic carboxylic acids is 2. The molecular formula is C21H33BN2O7S2. The van der Waals surface area contributed by atoms with Crippen molar-refractivity contribution in [3.63, 3.8) is 0 Å². The second kappa shape index (κ2) is 17.7. The molecule has 1 aromatic rings. The SMILES string of the molecule is CB(O)NOCCCNC(=O)c1cc(SCCCCC(=O)O)cc(SCCCCC(=O)O)c1. The van der Waals surface area contributed by atoms with Crippen LogP contribution >= 0.6 is 23.5 Å². The van der Waals surface area contributed by atoms with E-state index in [1.54, 1.807) is 30.3 Å². The number of nitrogens with one attached hydrogen (secondary N) is 2. The Morgan fingerprint density at radius 3 is 1.94 bits per heavy atom. The van der Waals surface area contributed by atoms with Gasteiger partial charge in [0.05, 0.1) is 6.61 Å². The van der Waals surface area contributed by atoms with Gasteiger partial charge in [-0.25, -0.2) is 5.39 Å². The Bertz CT molecular complexity index is 711. The molecule has 0 bridgehead atoms. The van der Waals surface area contributed by atoms with E-state index < -0.39 is 19.0 Å². The molecule has 0 heterocycles. The van der Waals surface area contributed by atoms with Crippen molar-refractivity contribution in [3.05, 3.63) is 23.8 Å². The van der Waals surface area contributed by atoms with Crippen LogP contribution in [0.4, 0.5) is 0 Å². The topological polar surface area (TPSA) is 145 Å². The summed E-state index contributed by atoms with van der Waals surface area (Å²) in [4.78, 5) is 40.9. The molecule has 1 aromatic carbocycles. The molecule has 5 N–H and O–H groups in total. The highest BCUT2D eigenvalue weighted by Crippen LogP contribution is 2.29. The Morgan fingerprint density at radius 1 is 0.909 bits per heavy atom. The van der Waals surface area contributed by atoms with Gasteiger partial charge in [0.2, 0.25) is 0 Å². The lowest BCUT2D eigenvalue weighted by Gasteiger charge is -2.11. The number of carboxylic acids is 2. The molecule has 0 aliphatic heterocycles. The van der Waals surface area contributed by atoms with Crippen LogP contribution in [0.15, 0.2) is 28.0 Å². The third-order valence-corrected chi connectivity index (χ3v) is 6.34. The number of amides is 1. The Labute approximate surface area is 203 Å². The van der Waals surface area contributed by atoms with Crippen LogP contribution in [0.5, 0.6) is 0 Å². The number of rotatable bonds is 19. The van der Waals surface area contributed by atoms with Crippen LogP contribution in [-0.2, 0) is 14.4 Å². The van der Waals surface area contributed by atoms with Gasteiger partial charge in [-0.05, 0) is 68.6 Å². The molecule has 0 aliphatic carbocycles. The fourth-order valence-electron chi connectivity index (χ4n) is 2.63. The van der Waals surface area contributed by atoms with E-state index in [1.807, 2.05) is 18.2 Å². The van der Waals surface area contributed by atoms with Gasteiger partial charge in [-0.15, -0.1) is 23.5 Å². The van der Waals surface area contributed by atoms with Crippen LogP contribution in [0.2, 0.25) is 6.82 Å². The summed E-state index contributed by atoms with van der Waals surface area (Å²) >= 11 is 3.17. The number of carboxylic acid groups (broad SMARTS) is 2. The number of carbonyl (C=O) groups is 3. The lowest BCUT2D eigenvalue weighted by atomic mass is 9.92. The monoisotopic (exact) mass is 500 g/mol. The van der Waals surface area contributed by atoms with Crippen molar-refractivity contribution < 1.29 is 34.5 Å². The van der Waals surface area contributed by atoms with Crippen molar-refractivity contribution in [2.45, 2.75) is 61.6 Å². The van der Waals surface area contributed by atoms with Crippen LogP contribution in [0.3, 0.4) is 0 Å². The van der Waals surface area contributed by atoms with E-state index in [0.717, 1.165) is 34.1 Å². The molecule has 0 fully saturated rings. The summed E-state index contributed by atoms with van der Waals surface area (Å²) in [6.07, 6.45) is 3.64. The second-order valence-corrected chi connectivity index (χ2v) is 9.68. The third-order valence-electron chi connectivity index (χ3n) is 4.21. The highest BCUT2D eigenvalue weighted by atomic mass is 32.2. The predicted octanol–water partition coefficient (Wildman–Crippen LogP) is 3.13. The fourth-order valence-corrected chi connectivity index (χ4v) is 4.72. The van der Waals surface area contributed by atoms with Crippen molar-refractivity contribution in [3.8, 4) is 0 Å². The number of benzene rings is 1. The lowest BCUT2D eigenvalue weighted by Crippen LogP contribution is -2.32. The first kappa shape index (κ1) is 29.3. The summed E-state index contributed by atoms with van der Waals surface area (Å²) < 4.78 is 0. The Kier molecular flexibility index (Phi) is 15.7. The Hall–Kier alpha value is -1.73. The average molecular weight is 500 g/mol. The zero-order valence-corrected chi connectivity index (χ0v) is 20.5. The molecule has 0 unspecified atom stereocenters. The summed E-state index contributed by atoms with van der Waals surface area (Å²) in [6.45, 7) is 2.31. The molecule has 0 aromatic heterocycles. The minimum absolute atomic E-state index is 0.150. The molecule has 184 valence electrons. The molecule has 0 atom stereocenters. The van der Waals surface area contributed by atoms with Gasteiger partial charge in [-0.1, -0.05) is 0 Å². The first-order valence-corrected chi connectivity index (χ1v) is 12.9. The van der Waals surface area contributed by atoms with Crippen molar-refractivity contribution in [2.75, 3.05) is 24.7 Å². The van der Waals surface area contributed by atoms with Crippen molar-refractivity contribution in [1.29, 1.82) is 0 Å². The van der Waals surface area contributed by atoms with Crippen molar-refractivity contribution >= 4 is 48.4 Å². The van der Waals surface area contributed by atoms with Gasteiger partial charge in [0.25, 0.3) is 5.91 Å². The number of hydrogen-bond acceptors (Lipinski definition) is 8. The standard InChI is InChI=1S/C21H33BN2O7S2/c1-22(30)24-31-10-6-9-23-21(29)16-13-17(32-11-4-2-7-19(25)26)15-18(14-16)33-12-5-3-8-20(27)28/h13-15,24,30H,2-12H2,1H3,(H,23,29)(H,25,26)(H,27,28). The zero-order chi connectivity index (χ0) is 24.5. The molecule has 33 heavy (non-hydrogen) atoms. The van der Waals surface area contributed by atoms with E-state index in [0.29, 0.717) is 38.0 Å². The van der Waals surface area contributed by atoms with Crippen LogP contribution in [0, 0.1) is 0 Å². The lowest BCUT2D eigenvalue weighted by molar-refractivity contribution is -0.138. The molecule has 12 heteroatoms. The normalized spacial score (nSPS) is 10.7. The molecule has 1 rings (SSSR count). The number of hydrogen-bond donors (Lipinski definition) is 5. The maximum absolute atomic E-state index is 12.6. The van der Waals surface area contributed by atoms with Gasteiger partial charge in [0, 0.05) is 34.7 Å². The zero-order valence-electron chi connectivity index (χ0n) is 18.9. The molecule has 9 nitrogen and oxygen atoms in total. The molecule has 0 aliphatic rings. The Balaban J connectivity index is 2.62. The average Bonchev–Trinajstić information content (AvgIpc) is 2.74. The highest BCUT2D eigenvalue weighted by Gasteiger charge is 2.10. The number of carbonyl (C=O) groups excluding carboxylic acids is 1. The van der Waals surface area contributed by atoms with Crippen LogP contribution < -0.4 is 10.7 Å². The van der Waals surface area contributed by atoms with Gasteiger partial charge in [-0.2, -0.15) is 0 Å². The van der Waals surface area contributed by atoms with E-state index in [9.17, 15) is 14.4 Å². The van der Waals surface area contributed by atoms with Gasteiger partial charge in [0.15, 0.2) is 0 Å². The first-order valence-electron chi connectivity index (χ1n) is 11.0. The maximum Gasteiger partial charge on any atom is 0.398 e. The quantitative estimate of drug-likeness (QED) is 0.0831. The minimum atomic E-state index is -0.799.